The number of aromatic nitrogens is 1. The molecule has 0 spiro atoms. The summed E-state index contributed by atoms with van der Waals surface area (Å²) in [6.45, 7) is 3.23. The molecule has 1 saturated heterocycles. The lowest BCUT2D eigenvalue weighted by molar-refractivity contribution is 0.304. The van der Waals surface area contributed by atoms with E-state index in [1.54, 1.807) is 6.07 Å². The molecule has 1 aliphatic heterocycles. The zero-order valence-corrected chi connectivity index (χ0v) is 14.4. The van der Waals surface area contributed by atoms with Gasteiger partial charge < -0.3 is 28.1 Å². The number of benzene rings is 1. The van der Waals surface area contributed by atoms with Gasteiger partial charge in [0.1, 0.15) is 11.1 Å². The maximum Gasteiger partial charge on any atom is 0.301 e. The third-order valence-corrected chi connectivity index (χ3v) is 4.56. The molecule has 8 heteroatoms. The van der Waals surface area contributed by atoms with Crippen LogP contribution in [-0.2, 0) is 0 Å². The van der Waals surface area contributed by atoms with E-state index < -0.39 is 5.56 Å². The molecule has 0 bridgehead atoms. The summed E-state index contributed by atoms with van der Waals surface area (Å²) in [5.74, 6) is 0.747. The summed E-state index contributed by atoms with van der Waals surface area (Å²) in [6, 6.07) is 2.01. The highest BCUT2D eigenvalue weighted by molar-refractivity contribution is 6.06. The molecule has 3 aromatic rings. The molecule has 0 amide bonds. The smallest absolute Gasteiger partial charge is 0.301 e. The molecule has 0 unspecified atom stereocenters. The number of rotatable bonds is 3. The lowest BCUT2D eigenvalue weighted by atomic mass is 10.1. The number of methoxy groups -OCH3 is 2. The first-order valence-electron chi connectivity index (χ1n) is 8.03. The topological polar surface area (TPSA) is 81.2 Å². The molecule has 4 rings (SSSR count). The number of nitrogens with zero attached hydrogens (tertiary/aromatic N) is 3. The summed E-state index contributed by atoms with van der Waals surface area (Å²) in [6.07, 6.45) is 1.52. The van der Waals surface area contributed by atoms with Crippen molar-refractivity contribution < 1.29 is 18.3 Å². The fourth-order valence-electron chi connectivity index (χ4n) is 3.20. The van der Waals surface area contributed by atoms with Crippen LogP contribution in [0.3, 0.4) is 0 Å². The van der Waals surface area contributed by atoms with E-state index in [0.717, 1.165) is 26.2 Å². The average molecular weight is 345 g/mol. The van der Waals surface area contributed by atoms with Crippen LogP contribution in [0.4, 0.5) is 6.01 Å². The van der Waals surface area contributed by atoms with E-state index in [2.05, 4.69) is 16.9 Å². The van der Waals surface area contributed by atoms with Gasteiger partial charge in [-0.25, -0.2) is 0 Å². The van der Waals surface area contributed by atoms with Crippen molar-refractivity contribution in [1.29, 1.82) is 0 Å². The van der Waals surface area contributed by atoms with E-state index in [0.29, 0.717) is 22.5 Å². The first-order chi connectivity index (χ1) is 12.1. The lowest BCUT2D eigenvalue weighted by Gasteiger charge is -2.31. The van der Waals surface area contributed by atoms with Gasteiger partial charge in [0, 0.05) is 26.2 Å². The van der Waals surface area contributed by atoms with Gasteiger partial charge in [0.2, 0.25) is 5.75 Å². The molecule has 25 heavy (non-hydrogen) atoms. The van der Waals surface area contributed by atoms with E-state index in [9.17, 15) is 4.79 Å². The van der Waals surface area contributed by atoms with Gasteiger partial charge in [-0.1, -0.05) is 0 Å². The SMILES string of the molecule is COc1c2occc2c(OC)c2c(=O)nc(N3CCN(C)CC3)oc12. The minimum absolute atomic E-state index is 0.256. The Morgan fingerprint density at radius 1 is 1.08 bits per heavy atom. The Kier molecular flexibility index (Phi) is 3.76. The fourth-order valence-corrected chi connectivity index (χ4v) is 3.20. The van der Waals surface area contributed by atoms with Gasteiger partial charge in [-0.05, 0) is 13.1 Å². The fraction of sp³-hybridized carbons (Fsp3) is 0.412. The molecule has 1 aliphatic rings. The molecule has 0 saturated carbocycles. The summed E-state index contributed by atoms with van der Waals surface area (Å²) < 4.78 is 22.4. The molecular formula is C17H19N3O5. The summed E-state index contributed by atoms with van der Waals surface area (Å²) in [4.78, 5) is 21.1. The van der Waals surface area contributed by atoms with Crippen molar-refractivity contribution in [3.63, 3.8) is 0 Å². The monoisotopic (exact) mass is 345 g/mol. The highest BCUT2D eigenvalue weighted by Gasteiger charge is 2.25. The molecule has 1 fully saturated rings. The molecule has 1 aromatic carbocycles. The highest BCUT2D eigenvalue weighted by Crippen LogP contribution is 2.42. The lowest BCUT2D eigenvalue weighted by Crippen LogP contribution is -2.45. The molecule has 0 aliphatic carbocycles. The zero-order valence-electron chi connectivity index (χ0n) is 14.4. The van der Waals surface area contributed by atoms with Gasteiger partial charge in [-0.3, -0.25) is 4.79 Å². The third-order valence-electron chi connectivity index (χ3n) is 4.56. The first-order valence-corrected chi connectivity index (χ1v) is 8.03. The van der Waals surface area contributed by atoms with Crippen molar-refractivity contribution in [3.05, 3.63) is 22.7 Å². The van der Waals surface area contributed by atoms with Gasteiger partial charge in [0.25, 0.3) is 5.56 Å². The number of anilines is 1. The molecule has 0 N–H and O–H groups in total. The van der Waals surface area contributed by atoms with Crippen LogP contribution in [0.25, 0.3) is 21.9 Å². The Morgan fingerprint density at radius 3 is 2.48 bits per heavy atom. The average Bonchev–Trinajstić information content (AvgIpc) is 3.09. The second kappa shape index (κ2) is 5.96. The molecule has 8 nitrogen and oxygen atoms in total. The third kappa shape index (κ3) is 2.41. The van der Waals surface area contributed by atoms with Crippen molar-refractivity contribution in [3.8, 4) is 11.5 Å². The molecule has 132 valence electrons. The van der Waals surface area contributed by atoms with E-state index >= 15 is 0 Å². The molecular weight excluding hydrogens is 326 g/mol. The summed E-state index contributed by atoms with van der Waals surface area (Å²) in [5, 5.41) is 0.902. The predicted molar refractivity (Wildman–Crippen MR) is 92.9 cm³/mol. The maximum atomic E-state index is 12.7. The minimum atomic E-state index is -0.409. The van der Waals surface area contributed by atoms with Gasteiger partial charge in [0.05, 0.1) is 25.9 Å². The van der Waals surface area contributed by atoms with Crippen molar-refractivity contribution in [2.24, 2.45) is 0 Å². The standard InChI is InChI=1S/C17H19N3O5/c1-19-5-7-20(8-6-19)17-18-16(21)11-12(22-2)10-4-9-24-13(10)15(23-3)14(11)25-17/h4,9H,5-8H2,1-3H3. The van der Waals surface area contributed by atoms with Crippen molar-refractivity contribution in [1.82, 2.24) is 9.88 Å². The van der Waals surface area contributed by atoms with Crippen LogP contribution >= 0.6 is 0 Å². The normalized spacial score (nSPS) is 15.9. The van der Waals surface area contributed by atoms with Crippen LogP contribution in [0.2, 0.25) is 0 Å². The van der Waals surface area contributed by atoms with Crippen LogP contribution in [0.15, 0.2) is 26.0 Å². The molecule has 0 radical (unpaired) electrons. The van der Waals surface area contributed by atoms with Crippen molar-refractivity contribution in [2.45, 2.75) is 0 Å². The van der Waals surface area contributed by atoms with Crippen LogP contribution in [0, 0.1) is 0 Å². The Labute approximate surface area is 143 Å². The number of hydrogen-bond donors (Lipinski definition) is 0. The van der Waals surface area contributed by atoms with Gasteiger partial charge in [0.15, 0.2) is 11.2 Å². The quantitative estimate of drug-likeness (QED) is 0.709. The number of piperazine rings is 1. The molecule has 3 heterocycles. The van der Waals surface area contributed by atoms with Crippen molar-refractivity contribution >= 4 is 28.0 Å². The van der Waals surface area contributed by atoms with E-state index in [-0.39, 0.29) is 17.0 Å². The zero-order chi connectivity index (χ0) is 17.6. The molecule has 0 atom stereocenters. The van der Waals surface area contributed by atoms with E-state index in [1.165, 1.54) is 20.5 Å². The number of furan rings is 1. The van der Waals surface area contributed by atoms with Crippen molar-refractivity contribution in [2.75, 3.05) is 52.3 Å². The van der Waals surface area contributed by atoms with E-state index in [4.69, 9.17) is 18.3 Å². The molecule has 2 aromatic heterocycles. The second-order valence-electron chi connectivity index (χ2n) is 6.03. The first kappa shape index (κ1) is 15.8. The van der Waals surface area contributed by atoms with Crippen LogP contribution in [0.1, 0.15) is 0 Å². The van der Waals surface area contributed by atoms with Gasteiger partial charge >= 0.3 is 6.01 Å². The largest absolute Gasteiger partial charge is 0.495 e. The number of likely N-dealkylation sites (N-methyl/N-ethyl adjacent to an activating group) is 1. The van der Waals surface area contributed by atoms with Gasteiger partial charge in [-0.15, -0.1) is 0 Å². The Bertz CT molecular complexity index is 985. The van der Waals surface area contributed by atoms with Crippen LogP contribution < -0.4 is 19.9 Å². The Balaban J connectivity index is 1.99. The Morgan fingerprint density at radius 2 is 1.80 bits per heavy atom. The van der Waals surface area contributed by atoms with Gasteiger partial charge in [-0.2, -0.15) is 4.98 Å². The van der Waals surface area contributed by atoms with Crippen LogP contribution in [-0.4, -0.2) is 57.3 Å². The highest BCUT2D eigenvalue weighted by atomic mass is 16.5. The predicted octanol–water partition coefficient (Wildman–Crippen LogP) is 1.70. The number of ether oxygens (including phenoxy) is 2. The summed E-state index contributed by atoms with van der Waals surface area (Å²) in [7, 11) is 5.07. The number of hydrogen-bond acceptors (Lipinski definition) is 8. The maximum absolute atomic E-state index is 12.7. The minimum Gasteiger partial charge on any atom is -0.495 e. The summed E-state index contributed by atoms with van der Waals surface area (Å²) >= 11 is 0. The second-order valence-corrected chi connectivity index (χ2v) is 6.03. The number of fused-ring (bicyclic) bond motifs is 2. The summed E-state index contributed by atoms with van der Waals surface area (Å²) in [5.41, 5.74) is 0.356. The van der Waals surface area contributed by atoms with Crippen LogP contribution in [0.5, 0.6) is 11.5 Å². The van der Waals surface area contributed by atoms with E-state index in [1.807, 2.05) is 4.90 Å². The Hall–Kier alpha value is -2.74.